The summed E-state index contributed by atoms with van der Waals surface area (Å²) < 4.78 is 10.8. The molecule has 178 valence electrons. The Morgan fingerprint density at radius 2 is 2.00 bits per heavy atom. The molecule has 2 aromatic carbocycles. The molecule has 0 bridgehead atoms. The molecule has 0 unspecified atom stereocenters. The van der Waals surface area contributed by atoms with Crippen LogP contribution in [0.5, 0.6) is 5.75 Å². The molecule has 0 aliphatic carbocycles. The van der Waals surface area contributed by atoms with Crippen molar-refractivity contribution in [1.82, 2.24) is 9.80 Å². The molecule has 1 fully saturated rings. The number of methoxy groups -OCH3 is 1. The molecule has 0 amide bonds. The van der Waals surface area contributed by atoms with E-state index < -0.39 is 6.10 Å². The molecule has 0 radical (unpaired) electrons. The smallest absolute Gasteiger partial charge is 0.145 e. The Hall–Kier alpha value is -2.16. The first kappa shape index (κ1) is 24.0. The first-order valence-electron chi connectivity index (χ1n) is 11.4. The van der Waals surface area contributed by atoms with Crippen LogP contribution in [0.4, 0.5) is 0 Å². The van der Waals surface area contributed by atoms with Gasteiger partial charge in [-0.2, -0.15) is 0 Å². The summed E-state index contributed by atoms with van der Waals surface area (Å²) in [6.45, 7) is 5.70. The van der Waals surface area contributed by atoms with Crippen LogP contribution in [-0.2, 0) is 16.1 Å². The van der Waals surface area contributed by atoms with Gasteiger partial charge in [-0.05, 0) is 35.4 Å². The maximum absolute atomic E-state index is 10.8. The normalized spacial score (nSPS) is 19.9. The van der Waals surface area contributed by atoms with Crippen molar-refractivity contribution >= 4 is 17.3 Å². The summed E-state index contributed by atoms with van der Waals surface area (Å²) in [5.74, 6) is 0.826. The minimum atomic E-state index is -0.466. The Morgan fingerprint density at radius 1 is 1.21 bits per heavy atom. The van der Waals surface area contributed by atoms with Crippen LogP contribution in [0.1, 0.15) is 17.5 Å². The number of aliphatic hydroxyl groups is 1. The molecule has 2 atom stereocenters. The predicted molar refractivity (Wildman–Crippen MR) is 129 cm³/mol. The molecule has 7 nitrogen and oxygen atoms in total. The molecule has 0 spiro atoms. The fraction of sp³-hybridized carbons (Fsp3) is 0.480. The van der Waals surface area contributed by atoms with Crippen LogP contribution in [0.25, 0.3) is 0 Å². The number of rotatable bonds is 10. The van der Waals surface area contributed by atoms with Crippen molar-refractivity contribution in [2.75, 3.05) is 53.0 Å². The van der Waals surface area contributed by atoms with Crippen LogP contribution in [0.15, 0.2) is 53.7 Å². The predicted octanol–water partition coefficient (Wildman–Crippen LogP) is 3.04. The number of β-amino-alcohol motifs (C(OH)–C–C–N with tert-alkyl or cyclic N) is 1. The van der Waals surface area contributed by atoms with E-state index in [4.69, 9.17) is 25.9 Å². The topological polar surface area (TPSA) is 66.8 Å². The number of morpholine rings is 1. The van der Waals surface area contributed by atoms with Crippen LogP contribution >= 0.6 is 11.6 Å². The van der Waals surface area contributed by atoms with E-state index in [-0.39, 0.29) is 6.10 Å². The lowest BCUT2D eigenvalue weighted by molar-refractivity contribution is -0.00266. The Labute approximate surface area is 200 Å². The third-order valence-corrected chi connectivity index (χ3v) is 6.21. The number of oxime groups is 1. The SMILES string of the molecule is COc1cccc(CN(C[C@@H](O)CN2CCOCC2)C[C@H]2CC(c3ccc(Cl)cc3)=NO2)c1. The summed E-state index contributed by atoms with van der Waals surface area (Å²) in [5.41, 5.74) is 3.07. The minimum Gasteiger partial charge on any atom is -0.497 e. The molecule has 2 aromatic rings. The molecular weight excluding hydrogens is 442 g/mol. The highest BCUT2D eigenvalue weighted by molar-refractivity contribution is 6.30. The second-order valence-electron chi connectivity index (χ2n) is 8.59. The highest BCUT2D eigenvalue weighted by Gasteiger charge is 2.26. The number of hydrogen-bond donors (Lipinski definition) is 1. The molecule has 0 aromatic heterocycles. The fourth-order valence-electron chi connectivity index (χ4n) is 4.30. The Kier molecular flexibility index (Phi) is 8.58. The number of benzene rings is 2. The molecule has 8 heteroatoms. The van der Waals surface area contributed by atoms with E-state index >= 15 is 0 Å². The van der Waals surface area contributed by atoms with E-state index in [1.54, 1.807) is 7.11 Å². The van der Waals surface area contributed by atoms with E-state index in [0.29, 0.717) is 31.2 Å². The van der Waals surface area contributed by atoms with Crippen LogP contribution in [0.2, 0.25) is 5.02 Å². The molecule has 1 N–H and O–H groups in total. The summed E-state index contributed by atoms with van der Waals surface area (Å²) in [6.07, 6.45) is 0.180. The lowest BCUT2D eigenvalue weighted by Crippen LogP contribution is -2.45. The largest absolute Gasteiger partial charge is 0.497 e. The van der Waals surface area contributed by atoms with E-state index in [0.717, 1.165) is 55.3 Å². The number of hydrogen-bond acceptors (Lipinski definition) is 7. The zero-order valence-electron chi connectivity index (χ0n) is 19.0. The molecule has 4 rings (SSSR count). The van der Waals surface area contributed by atoms with Gasteiger partial charge in [-0.1, -0.05) is 41.0 Å². The molecule has 0 saturated carbocycles. The van der Waals surface area contributed by atoms with Gasteiger partial charge >= 0.3 is 0 Å². The summed E-state index contributed by atoms with van der Waals surface area (Å²) >= 11 is 6.01. The number of halogens is 1. The molecule has 2 aliphatic heterocycles. The fourth-order valence-corrected chi connectivity index (χ4v) is 4.42. The third kappa shape index (κ3) is 7.16. The van der Waals surface area contributed by atoms with Crippen molar-refractivity contribution in [1.29, 1.82) is 0 Å². The van der Waals surface area contributed by atoms with Crippen LogP contribution in [0, 0.1) is 0 Å². The molecule has 2 aliphatic rings. The van der Waals surface area contributed by atoms with Crippen molar-refractivity contribution < 1.29 is 19.4 Å². The summed E-state index contributed by atoms with van der Waals surface area (Å²) in [7, 11) is 1.67. The van der Waals surface area contributed by atoms with Gasteiger partial charge in [-0.3, -0.25) is 9.80 Å². The summed E-state index contributed by atoms with van der Waals surface area (Å²) in [4.78, 5) is 10.3. The second kappa shape index (κ2) is 11.8. The average Bonchev–Trinajstić information content (AvgIpc) is 3.28. The van der Waals surface area contributed by atoms with Gasteiger partial charge in [0.15, 0.2) is 0 Å². The summed E-state index contributed by atoms with van der Waals surface area (Å²) in [5, 5.41) is 15.9. The number of ether oxygens (including phenoxy) is 2. The molecule has 2 heterocycles. The van der Waals surface area contributed by atoms with Crippen molar-refractivity contribution in [3.63, 3.8) is 0 Å². The Morgan fingerprint density at radius 3 is 2.76 bits per heavy atom. The monoisotopic (exact) mass is 473 g/mol. The van der Waals surface area contributed by atoms with Gasteiger partial charge in [-0.25, -0.2) is 0 Å². The van der Waals surface area contributed by atoms with Gasteiger partial charge in [0.1, 0.15) is 11.9 Å². The van der Waals surface area contributed by atoms with E-state index in [1.165, 1.54) is 0 Å². The highest BCUT2D eigenvalue weighted by atomic mass is 35.5. The molecular formula is C25H32ClN3O4. The Bertz CT molecular complexity index is 918. The quantitative estimate of drug-likeness (QED) is 0.572. The number of nitrogens with zero attached hydrogens (tertiary/aromatic N) is 3. The van der Waals surface area contributed by atoms with Crippen LogP contribution in [0.3, 0.4) is 0 Å². The van der Waals surface area contributed by atoms with Crippen molar-refractivity contribution in [2.45, 2.75) is 25.2 Å². The maximum Gasteiger partial charge on any atom is 0.145 e. The van der Waals surface area contributed by atoms with E-state index in [1.807, 2.05) is 42.5 Å². The average molecular weight is 474 g/mol. The maximum atomic E-state index is 10.8. The highest BCUT2D eigenvalue weighted by Crippen LogP contribution is 2.21. The number of aliphatic hydroxyl groups excluding tert-OH is 1. The zero-order valence-corrected chi connectivity index (χ0v) is 19.8. The van der Waals surface area contributed by atoms with Gasteiger partial charge in [0.2, 0.25) is 0 Å². The van der Waals surface area contributed by atoms with Gasteiger partial charge in [0.05, 0.1) is 32.1 Å². The van der Waals surface area contributed by atoms with Gasteiger partial charge in [-0.15, -0.1) is 0 Å². The zero-order chi connectivity index (χ0) is 23.0. The molecule has 1 saturated heterocycles. The van der Waals surface area contributed by atoms with Crippen LogP contribution in [-0.4, -0.2) is 85.9 Å². The van der Waals surface area contributed by atoms with E-state index in [2.05, 4.69) is 21.0 Å². The first-order chi connectivity index (χ1) is 16.1. The van der Waals surface area contributed by atoms with Gasteiger partial charge in [0, 0.05) is 50.7 Å². The molecule has 33 heavy (non-hydrogen) atoms. The lowest BCUT2D eigenvalue weighted by atomic mass is 10.0. The lowest BCUT2D eigenvalue weighted by Gasteiger charge is -2.31. The summed E-state index contributed by atoms with van der Waals surface area (Å²) in [6, 6.07) is 15.7. The van der Waals surface area contributed by atoms with Crippen LogP contribution < -0.4 is 4.74 Å². The van der Waals surface area contributed by atoms with E-state index in [9.17, 15) is 5.11 Å². The minimum absolute atomic E-state index is 0.0723. The van der Waals surface area contributed by atoms with Gasteiger partial charge in [0.25, 0.3) is 0 Å². The van der Waals surface area contributed by atoms with Gasteiger partial charge < -0.3 is 19.4 Å². The Balaban J connectivity index is 1.39. The standard InChI is InChI=1S/C25H32ClN3O4/c1-31-23-4-2-3-19(13-23)15-29(17-22(30)16-28-9-11-32-12-10-28)18-24-14-25(27-33-24)20-5-7-21(26)8-6-20/h2-8,13,22,24,30H,9-12,14-18H2,1H3/t22-,24+/m0/s1. The second-order valence-corrected chi connectivity index (χ2v) is 9.03. The third-order valence-electron chi connectivity index (χ3n) is 5.95. The van der Waals surface area contributed by atoms with Crippen molar-refractivity contribution in [2.24, 2.45) is 5.16 Å². The van der Waals surface area contributed by atoms with Crippen molar-refractivity contribution in [3.8, 4) is 5.75 Å². The van der Waals surface area contributed by atoms with Crippen molar-refractivity contribution in [3.05, 3.63) is 64.7 Å². The first-order valence-corrected chi connectivity index (χ1v) is 11.8.